The Balaban J connectivity index is 2.08. The average Bonchev–Trinajstić information content (AvgIpc) is 3.10. The molecule has 5 N–H and O–H groups in total. The molecule has 3 rings (SSSR count). The van der Waals surface area contributed by atoms with Gasteiger partial charge in [-0.05, 0) is 13.8 Å². The van der Waals surface area contributed by atoms with Gasteiger partial charge in [0.25, 0.3) is 0 Å². The van der Waals surface area contributed by atoms with Gasteiger partial charge in [0.2, 0.25) is 5.95 Å². The summed E-state index contributed by atoms with van der Waals surface area (Å²) in [6, 6.07) is 0. The first-order chi connectivity index (χ1) is 11.5. The smallest absolute Gasteiger partial charge is 0.224 e. The van der Waals surface area contributed by atoms with Crippen molar-refractivity contribution in [2.45, 2.75) is 38.4 Å². The molecule has 132 valence electrons. The zero-order valence-electron chi connectivity index (χ0n) is 13.6. The van der Waals surface area contributed by atoms with Crippen molar-refractivity contribution in [2.75, 3.05) is 30.3 Å². The van der Waals surface area contributed by atoms with Gasteiger partial charge in [-0.1, -0.05) is 0 Å². The van der Waals surface area contributed by atoms with Crippen molar-refractivity contribution in [1.82, 2.24) is 19.5 Å². The lowest BCUT2D eigenvalue weighted by Gasteiger charge is -2.21. The number of aliphatic hydroxyl groups is 3. The number of imidazole rings is 1. The first-order valence-corrected chi connectivity index (χ1v) is 7.89. The summed E-state index contributed by atoms with van der Waals surface area (Å²) in [5.74, 6) is 0.686. The predicted molar refractivity (Wildman–Crippen MR) is 86.3 cm³/mol. The molecule has 10 nitrogen and oxygen atoms in total. The predicted octanol–water partition coefficient (Wildman–Crippen LogP) is -1.13. The number of rotatable bonds is 5. The van der Waals surface area contributed by atoms with Gasteiger partial charge in [0.15, 0.2) is 23.2 Å². The number of nitrogens with two attached hydrogens (primary N) is 1. The number of aliphatic hydroxyl groups excluding tert-OH is 3. The van der Waals surface area contributed by atoms with Gasteiger partial charge in [0, 0.05) is 13.1 Å². The zero-order valence-corrected chi connectivity index (χ0v) is 13.6. The van der Waals surface area contributed by atoms with Crippen molar-refractivity contribution >= 4 is 22.9 Å². The highest BCUT2D eigenvalue weighted by Crippen LogP contribution is 2.33. The maximum absolute atomic E-state index is 10.2. The van der Waals surface area contributed by atoms with Crippen molar-refractivity contribution in [1.29, 1.82) is 0 Å². The van der Waals surface area contributed by atoms with Gasteiger partial charge in [0.1, 0.15) is 18.3 Å². The molecule has 1 aliphatic heterocycles. The third-order valence-electron chi connectivity index (χ3n) is 4.27. The SMILES string of the molecule is CCN(CC)c1nc(N)nc2c1ncn2C1OC(CO)C(O)C1O. The van der Waals surface area contributed by atoms with E-state index in [4.69, 9.17) is 10.5 Å². The molecule has 4 atom stereocenters. The second kappa shape index (κ2) is 6.48. The van der Waals surface area contributed by atoms with Gasteiger partial charge < -0.3 is 30.7 Å². The Kier molecular flexibility index (Phi) is 4.54. The number of nitrogens with zero attached hydrogens (tertiary/aromatic N) is 5. The largest absolute Gasteiger partial charge is 0.394 e. The van der Waals surface area contributed by atoms with E-state index in [0.717, 1.165) is 13.1 Å². The zero-order chi connectivity index (χ0) is 17.4. The van der Waals surface area contributed by atoms with E-state index >= 15 is 0 Å². The van der Waals surface area contributed by atoms with Crippen molar-refractivity contribution < 1.29 is 20.1 Å². The number of ether oxygens (including phenoxy) is 1. The van der Waals surface area contributed by atoms with Gasteiger partial charge >= 0.3 is 0 Å². The summed E-state index contributed by atoms with van der Waals surface area (Å²) >= 11 is 0. The van der Waals surface area contributed by atoms with E-state index in [1.165, 1.54) is 10.9 Å². The molecule has 0 bridgehead atoms. The van der Waals surface area contributed by atoms with Gasteiger partial charge in [0.05, 0.1) is 12.9 Å². The summed E-state index contributed by atoms with van der Waals surface area (Å²) in [4.78, 5) is 14.8. The van der Waals surface area contributed by atoms with E-state index in [-0.39, 0.29) is 5.95 Å². The molecule has 0 radical (unpaired) electrons. The summed E-state index contributed by atoms with van der Waals surface area (Å²) in [6.07, 6.45) is -2.73. The van der Waals surface area contributed by atoms with E-state index in [2.05, 4.69) is 15.0 Å². The van der Waals surface area contributed by atoms with Crippen molar-refractivity contribution in [3.8, 4) is 0 Å². The minimum absolute atomic E-state index is 0.0814. The van der Waals surface area contributed by atoms with Crippen LogP contribution >= 0.6 is 0 Å². The highest BCUT2D eigenvalue weighted by atomic mass is 16.6. The van der Waals surface area contributed by atoms with E-state index in [1.54, 1.807) is 0 Å². The fourth-order valence-corrected chi connectivity index (χ4v) is 2.96. The standard InChI is InChI=1S/C14H22N6O4/c1-3-19(4-2)11-8-12(18-14(15)17-11)20(6-16-8)13-10(23)9(22)7(5-21)24-13/h6-7,9-10,13,21-23H,3-5H2,1-2H3,(H2,15,17,18). The first kappa shape index (κ1) is 16.8. The minimum Gasteiger partial charge on any atom is -0.394 e. The van der Waals surface area contributed by atoms with Gasteiger partial charge in [-0.2, -0.15) is 9.97 Å². The summed E-state index contributed by atoms with van der Waals surface area (Å²) < 4.78 is 7.04. The van der Waals surface area contributed by atoms with Gasteiger partial charge in [-0.3, -0.25) is 4.57 Å². The molecule has 4 unspecified atom stereocenters. The quantitative estimate of drug-likeness (QED) is 0.532. The fraction of sp³-hybridized carbons (Fsp3) is 0.643. The normalized spacial score (nSPS) is 27.0. The monoisotopic (exact) mass is 338 g/mol. The number of aromatic nitrogens is 4. The molecule has 0 saturated carbocycles. The van der Waals surface area contributed by atoms with E-state index in [0.29, 0.717) is 17.0 Å². The topological polar surface area (TPSA) is 143 Å². The van der Waals surface area contributed by atoms with Crippen LogP contribution in [-0.4, -0.2) is 72.8 Å². The lowest BCUT2D eigenvalue weighted by atomic mass is 10.1. The molecule has 0 spiro atoms. The molecule has 2 aromatic heterocycles. The van der Waals surface area contributed by atoms with Crippen LogP contribution in [0.3, 0.4) is 0 Å². The highest BCUT2D eigenvalue weighted by molar-refractivity contribution is 5.84. The summed E-state index contributed by atoms with van der Waals surface area (Å²) in [5.41, 5.74) is 6.77. The van der Waals surface area contributed by atoms with Crippen molar-refractivity contribution in [2.24, 2.45) is 0 Å². The number of fused-ring (bicyclic) bond motifs is 1. The minimum atomic E-state index is -1.22. The molecular weight excluding hydrogens is 316 g/mol. The lowest BCUT2D eigenvalue weighted by molar-refractivity contribution is -0.0511. The second-order valence-electron chi connectivity index (χ2n) is 5.63. The van der Waals surface area contributed by atoms with Crippen LogP contribution in [0.5, 0.6) is 0 Å². The summed E-state index contributed by atoms with van der Waals surface area (Å²) in [7, 11) is 0. The maximum Gasteiger partial charge on any atom is 0.224 e. The first-order valence-electron chi connectivity index (χ1n) is 7.89. The maximum atomic E-state index is 10.2. The Bertz CT molecular complexity index is 719. The number of hydrogen-bond donors (Lipinski definition) is 4. The molecule has 1 fully saturated rings. The second-order valence-corrected chi connectivity index (χ2v) is 5.63. The molecule has 3 heterocycles. The van der Waals surface area contributed by atoms with E-state index in [1.807, 2.05) is 18.7 Å². The molecule has 1 saturated heterocycles. The number of nitrogen functional groups attached to an aromatic ring is 1. The Hall–Kier alpha value is -2.01. The Labute approximate surface area is 138 Å². The van der Waals surface area contributed by atoms with Crippen LogP contribution in [0.2, 0.25) is 0 Å². The van der Waals surface area contributed by atoms with Crippen LogP contribution < -0.4 is 10.6 Å². The van der Waals surface area contributed by atoms with Crippen molar-refractivity contribution in [3.63, 3.8) is 0 Å². The molecule has 10 heteroatoms. The molecule has 2 aromatic rings. The van der Waals surface area contributed by atoms with Crippen LogP contribution in [0, 0.1) is 0 Å². The number of hydrogen-bond acceptors (Lipinski definition) is 9. The van der Waals surface area contributed by atoms with Crippen LogP contribution in [0.15, 0.2) is 6.33 Å². The molecule has 0 amide bonds. The molecule has 0 aromatic carbocycles. The molecule has 0 aliphatic carbocycles. The Morgan fingerprint density at radius 3 is 2.54 bits per heavy atom. The lowest BCUT2D eigenvalue weighted by Crippen LogP contribution is -2.33. The third kappa shape index (κ3) is 2.57. The average molecular weight is 338 g/mol. The summed E-state index contributed by atoms with van der Waals surface area (Å²) in [5, 5.41) is 29.4. The van der Waals surface area contributed by atoms with E-state index in [9.17, 15) is 15.3 Å². The highest BCUT2D eigenvalue weighted by Gasteiger charge is 2.44. The van der Waals surface area contributed by atoms with Crippen LogP contribution in [0.25, 0.3) is 11.2 Å². The van der Waals surface area contributed by atoms with E-state index < -0.39 is 31.1 Å². The van der Waals surface area contributed by atoms with Gasteiger partial charge in [-0.25, -0.2) is 4.98 Å². The number of anilines is 2. The van der Waals surface area contributed by atoms with Crippen LogP contribution in [0.1, 0.15) is 20.1 Å². The summed E-state index contributed by atoms with van der Waals surface area (Å²) in [6.45, 7) is 5.04. The van der Waals surface area contributed by atoms with Crippen LogP contribution in [0.4, 0.5) is 11.8 Å². The Morgan fingerprint density at radius 2 is 1.96 bits per heavy atom. The van der Waals surface area contributed by atoms with Crippen molar-refractivity contribution in [3.05, 3.63) is 6.33 Å². The molecule has 1 aliphatic rings. The van der Waals surface area contributed by atoms with Gasteiger partial charge in [-0.15, -0.1) is 0 Å². The molecular formula is C14H22N6O4. The van der Waals surface area contributed by atoms with Crippen LogP contribution in [-0.2, 0) is 4.74 Å². The fourth-order valence-electron chi connectivity index (χ4n) is 2.96. The Morgan fingerprint density at radius 1 is 1.25 bits per heavy atom. The third-order valence-corrected chi connectivity index (χ3v) is 4.27. The molecule has 24 heavy (non-hydrogen) atoms.